The summed E-state index contributed by atoms with van der Waals surface area (Å²) in [5.74, 6) is 0.0769. The van der Waals surface area contributed by atoms with Crippen molar-refractivity contribution < 1.29 is 9.59 Å². The van der Waals surface area contributed by atoms with Gasteiger partial charge in [-0.25, -0.2) is 4.79 Å². The minimum absolute atomic E-state index is 0.0769. The van der Waals surface area contributed by atoms with E-state index >= 15 is 0 Å². The van der Waals surface area contributed by atoms with Crippen molar-refractivity contribution in [2.75, 3.05) is 52.1 Å². The second kappa shape index (κ2) is 9.20. The molecule has 0 unspecified atom stereocenters. The summed E-state index contributed by atoms with van der Waals surface area (Å²) >= 11 is 0. The highest BCUT2D eigenvalue weighted by Gasteiger charge is 2.21. The average molecular weight is 357 g/mol. The molecule has 0 atom stereocenters. The van der Waals surface area contributed by atoms with Gasteiger partial charge in [0.15, 0.2) is 0 Å². The Labute approximate surface area is 155 Å². The number of hydrogen-bond acceptors (Lipinski definition) is 4. The van der Waals surface area contributed by atoms with Crippen molar-refractivity contribution in [2.45, 2.75) is 19.8 Å². The number of nitriles is 1. The van der Waals surface area contributed by atoms with Gasteiger partial charge in [0, 0.05) is 46.0 Å². The van der Waals surface area contributed by atoms with Crippen LogP contribution in [0, 0.1) is 11.3 Å². The van der Waals surface area contributed by atoms with E-state index in [1.54, 1.807) is 36.0 Å². The van der Waals surface area contributed by atoms with Crippen molar-refractivity contribution in [2.24, 2.45) is 0 Å². The number of anilines is 1. The molecule has 0 spiro atoms. The van der Waals surface area contributed by atoms with Crippen LogP contribution in [0.4, 0.5) is 10.5 Å². The number of likely N-dealkylation sites (N-methyl/N-ethyl adjacent to an activating group) is 1. The first-order valence-electron chi connectivity index (χ1n) is 8.96. The van der Waals surface area contributed by atoms with Crippen LogP contribution in [0.3, 0.4) is 0 Å². The van der Waals surface area contributed by atoms with Gasteiger partial charge in [-0.05, 0) is 36.6 Å². The number of hydrogen-bond donors (Lipinski definition) is 1. The molecule has 1 N–H and O–H groups in total. The normalized spacial score (nSPS) is 15.1. The Hall–Kier alpha value is -2.59. The summed E-state index contributed by atoms with van der Waals surface area (Å²) in [5, 5.41) is 12.0. The largest absolute Gasteiger partial charge is 0.348 e. The maximum Gasteiger partial charge on any atom is 0.321 e. The lowest BCUT2D eigenvalue weighted by Crippen LogP contribution is -2.40. The first-order chi connectivity index (χ1) is 12.4. The molecule has 0 aromatic heterocycles. The standard InChI is InChI=1S/C19H27N5O2/c1-4-16-12-15(13-20)6-7-17(16)21-19(26)24-9-5-8-23(10-11-24)14-18(25)22(2)3/h6-7,12H,4-5,8-11,14H2,1-3H3,(H,21,26). The van der Waals surface area contributed by atoms with Crippen LogP contribution >= 0.6 is 0 Å². The van der Waals surface area contributed by atoms with E-state index in [1.165, 1.54) is 0 Å². The van der Waals surface area contributed by atoms with Crippen LogP contribution in [0.5, 0.6) is 0 Å². The monoisotopic (exact) mass is 357 g/mol. The van der Waals surface area contributed by atoms with E-state index in [1.807, 2.05) is 13.0 Å². The quantitative estimate of drug-likeness (QED) is 0.890. The number of amides is 3. The topological polar surface area (TPSA) is 79.7 Å². The number of carbonyl (C=O) groups is 2. The molecule has 1 saturated heterocycles. The maximum absolute atomic E-state index is 12.6. The minimum Gasteiger partial charge on any atom is -0.348 e. The van der Waals surface area contributed by atoms with Crippen molar-refractivity contribution in [3.05, 3.63) is 29.3 Å². The molecular weight excluding hydrogens is 330 g/mol. The second-order valence-electron chi connectivity index (χ2n) is 6.67. The molecule has 1 aromatic carbocycles. The summed E-state index contributed by atoms with van der Waals surface area (Å²) in [6, 6.07) is 7.30. The first kappa shape index (κ1) is 19.7. The van der Waals surface area contributed by atoms with Crippen molar-refractivity contribution in [1.29, 1.82) is 5.26 Å². The van der Waals surface area contributed by atoms with Crippen LogP contribution in [0.15, 0.2) is 18.2 Å². The van der Waals surface area contributed by atoms with Crippen LogP contribution in [0.25, 0.3) is 0 Å². The highest BCUT2D eigenvalue weighted by molar-refractivity contribution is 5.90. The van der Waals surface area contributed by atoms with Crippen LogP contribution in [-0.4, -0.2) is 73.5 Å². The number of nitrogens with zero attached hydrogens (tertiary/aromatic N) is 4. The molecule has 7 nitrogen and oxygen atoms in total. The van der Waals surface area contributed by atoms with E-state index in [2.05, 4.69) is 16.3 Å². The third-order valence-electron chi connectivity index (χ3n) is 4.59. The molecule has 2 rings (SSSR count). The van der Waals surface area contributed by atoms with E-state index in [-0.39, 0.29) is 11.9 Å². The van der Waals surface area contributed by atoms with Gasteiger partial charge in [-0.15, -0.1) is 0 Å². The zero-order valence-electron chi connectivity index (χ0n) is 15.8. The van der Waals surface area contributed by atoms with Crippen LogP contribution in [-0.2, 0) is 11.2 Å². The number of nitrogens with one attached hydrogen (secondary N) is 1. The van der Waals surface area contributed by atoms with Gasteiger partial charge in [-0.3, -0.25) is 9.69 Å². The molecule has 0 radical (unpaired) electrons. The molecule has 0 aliphatic carbocycles. The summed E-state index contributed by atoms with van der Waals surface area (Å²) in [6.07, 6.45) is 1.58. The Balaban J connectivity index is 1.96. The number of benzene rings is 1. The Kier molecular flexibility index (Phi) is 6.98. The Morgan fingerprint density at radius 3 is 2.65 bits per heavy atom. The zero-order chi connectivity index (χ0) is 19.1. The Morgan fingerprint density at radius 1 is 1.23 bits per heavy atom. The number of rotatable bonds is 4. The number of aryl methyl sites for hydroxylation is 1. The Bertz CT molecular complexity index is 696. The van der Waals surface area contributed by atoms with E-state index in [4.69, 9.17) is 5.26 Å². The van der Waals surface area contributed by atoms with Crippen LogP contribution < -0.4 is 5.32 Å². The smallest absolute Gasteiger partial charge is 0.321 e. The van der Waals surface area contributed by atoms with Gasteiger partial charge in [0.1, 0.15) is 0 Å². The molecular formula is C19H27N5O2. The maximum atomic E-state index is 12.6. The third-order valence-corrected chi connectivity index (χ3v) is 4.59. The molecule has 1 fully saturated rings. The summed E-state index contributed by atoms with van der Waals surface area (Å²) < 4.78 is 0. The van der Waals surface area contributed by atoms with Crippen LogP contribution in [0.2, 0.25) is 0 Å². The molecule has 26 heavy (non-hydrogen) atoms. The van der Waals surface area contributed by atoms with E-state index in [0.717, 1.165) is 30.6 Å². The fraction of sp³-hybridized carbons (Fsp3) is 0.526. The van der Waals surface area contributed by atoms with E-state index in [9.17, 15) is 9.59 Å². The second-order valence-corrected chi connectivity index (χ2v) is 6.67. The molecule has 1 aromatic rings. The van der Waals surface area contributed by atoms with Gasteiger partial charge in [-0.1, -0.05) is 6.92 Å². The predicted molar refractivity (Wildman–Crippen MR) is 101 cm³/mol. The lowest BCUT2D eigenvalue weighted by molar-refractivity contribution is -0.129. The molecule has 1 aliphatic heterocycles. The zero-order valence-corrected chi connectivity index (χ0v) is 15.8. The first-order valence-corrected chi connectivity index (χ1v) is 8.96. The van der Waals surface area contributed by atoms with Crippen LogP contribution in [0.1, 0.15) is 24.5 Å². The highest BCUT2D eigenvalue weighted by atomic mass is 16.2. The average Bonchev–Trinajstić information content (AvgIpc) is 2.87. The highest BCUT2D eigenvalue weighted by Crippen LogP contribution is 2.19. The molecule has 7 heteroatoms. The fourth-order valence-corrected chi connectivity index (χ4v) is 2.94. The van der Waals surface area contributed by atoms with Gasteiger partial charge in [0.25, 0.3) is 0 Å². The minimum atomic E-state index is -0.134. The molecule has 1 aliphatic rings. The lowest BCUT2D eigenvalue weighted by Gasteiger charge is -2.23. The summed E-state index contributed by atoms with van der Waals surface area (Å²) in [5.41, 5.74) is 2.29. The predicted octanol–water partition coefficient (Wildman–Crippen LogP) is 1.75. The van der Waals surface area contributed by atoms with Crippen molar-refractivity contribution in [3.63, 3.8) is 0 Å². The number of carbonyl (C=O) groups excluding carboxylic acids is 2. The van der Waals surface area contributed by atoms with Gasteiger partial charge in [-0.2, -0.15) is 5.26 Å². The SMILES string of the molecule is CCc1cc(C#N)ccc1NC(=O)N1CCCN(CC(=O)N(C)C)CC1. The van der Waals surface area contributed by atoms with Crippen molar-refractivity contribution in [1.82, 2.24) is 14.7 Å². The third kappa shape index (κ3) is 5.20. The molecule has 0 saturated carbocycles. The molecule has 0 bridgehead atoms. The van der Waals surface area contributed by atoms with Crippen molar-refractivity contribution in [3.8, 4) is 6.07 Å². The van der Waals surface area contributed by atoms with E-state index < -0.39 is 0 Å². The number of urea groups is 1. The fourth-order valence-electron chi connectivity index (χ4n) is 2.94. The lowest BCUT2D eigenvalue weighted by atomic mass is 10.1. The summed E-state index contributed by atoms with van der Waals surface area (Å²) in [6.45, 7) is 5.12. The van der Waals surface area contributed by atoms with Gasteiger partial charge < -0.3 is 15.1 Å². The summed E-state index contributed by atoms with van der Waals surface area (Å²) in [7, 11) is 3.51. The van der Waals surface area contributed by atoms with E-state index in [0.29, 0.717) is 31.7 Å². The van der Waals surface area contributed by atoms with Gasteiger partial charge in [0.05, 0.1) is 18.2 Å². The molecule has 1 heterocycles. The molecule has 3 amide bonds. The Morgan fingerprint density at radius 2 is 2.00 bits per heavy atom. The van der Waals surface area contributed by atoms with Gasteiger partial charge in [0.2, 0.25) is 5.91 Å². The van der Waals surface area contributed by atoms with Gasteiger partial charge >= 0.3 is 6.03 Å². The molecule has 140 valence electrons. The van der Waals surface area contributed by atoms with Crippen molar-refractivity contribution >= 4 is 17.6 Å². The summed E-state index contributed by atoms with van der Waals surface area (Å²) in [4.78, 5) is 30.0.